The van der Waals surface area contributed by atoms with Crippen molar-refractivity contribution in [2.45, 2.75) is 38.8 Å². The molecule has 0 spiro atoms. The quantitative estimate of drug-likeness (QED) is 0.815. The highest BCUT2D eigenvalue weighted by molar-refractivity contribution is 6.02. The fourth-order valence-corrected chi connectivity index (χ4v) is 2.18. The average Bonchev–Trinajstić information content (AvgIpc) is 2.56. The molecule has 0 bridgehead atoms. The molecule has 16 heavy (non-hydrogen) atoms. The van der Waals surface area contributed by atoms with E-state index < -0.39 is 0 Å². The van der Waals surface area contributed by atoms with Crippen molar-refractivity contribution in [3.05, 3.63) is 29.8 Å². The van der Waals surface area contributed by atoms with Crippen LogP contribution in [0.25, 0.3) is 0 Å². The Balaban J connectivity index is 2.13. The van der Waals surface area contributed by atoms with E-state index in [0.29, 0.717) is 6.04 Å². The number of nitrogens with one attached hydrogen (secondary N) is 2. The summed E-state index contributed by atoms with van der Waals surface area (Å²) in [7, 11) is 0. The van der Waals surface area contributed by atoms with Crippen LogP contribution in [0, 0.1) is 0 Å². The molecule has 1 aromatic rings. The Hall–Kier alpha value is -1.35. The maximum absolute atomic E-state index is 11.8. The van der Waals surface area contributed by atoms with Crippen LogP contribution >= 0.6 is 0 Å². The van der Waals surface area contributed by atoms with Crippen LogP contribution in [-0.2, 0) is 4.79 Å². The molecule has 1 aliphatic heterocycles. The van der Waals surface area contributed by atoms with Crippen LogP contribution in [0.2, 0.25) is 0 Å². The molecule has 2 atom stereocenters. The zero-order valence-corrected chi connectivity index (χ0v) is 9.79. The van der Waals surface area contributed by atoms with Gasteiger partial charge in [-0.15, -0.1) is 0 Å². The first-order valence-corrected chi connectivity index (χ1v) is 5.88. The lowest BCUT2D eigenvalue weighted by atomic mass is 10.1. The lowest BCUT2D eigenvalue weighted by molar-refractivity contribution is -0.117. The predicted octanol–water partition coefficient (Wildman–Crippen LogP) is 2.46. The summed E-state index contributed by atoms with van der Waals surface area (Å²) in [5.41, 5.74) is 2.00. The molecule has 0 aliphatic carbocycles. The third kappa shape index (κ3) is 2.09. The molecule has 0 aromatic heterocycles. The predicted molar refractivity (Wildman–Crippen MR) is 65.3 cm³/mol. The minimum Gasteiger partial charge on any atom is -0.324 e. The zero-order chi connectivity index (χ0) is 11.5. The lowest BCUT2D eigenvalue weighted by Crippen LogP contribution is -2.34. The van der Waals surface area contributed by atoms with Crippen LogP contribution in [0.15, 0.2) is 24.3 Å². The molecular weight excluding hydrogens is 200 g/mol. The molecule has 2 N–H and O–H groups in total. The van der Waals surface area contributed by atoms with Crippen LogP contribution in [0.5, 0.6) is 0 Å². The van der Waals surface area contributed by atoms with Crippen molar-refractivity contribution < 1.29 is 4.79 Å². The molecule has 0 saturated carbocycles. The van der Waals surface area contributed by atoms with E-state index in [1.807, 2.05) is 24.3 Å². The Bertz CT molecular complexity index is 389. The van der Waals surface area contributed by atoms with Crippen molar-refractivity contribution in [2.75, 3.05) is 5.32 Å². The molecule has 1 amide bonds. The second-order valence-electron chi connectivity index (χ2n) is 4.37. The molecule has 1 aliphatic rings. The largest absolute Gasteiger partial charge is 0.324 e. The summed E-state index contributed by atoms with van der Waals surface area (Å²) in [6.45, 7) is 4.28. The number of carbonyl (C=O) groups is 1. The van der Waals surface area contributed by atoms with Crippen molar-refractivity contribution in [2.24, 2.45) is 0 Å². The van der Waals surface area contributed by atoms with Gasteiger partial charge in [-0.25, -0.2) is 0 Å². The van der Waals surface area contributed by atoms with E-state index in [-0.39, 0.29) is 11.9 Å². The highest BCUT2D eigenvalue weighted by atomic mass is 16.2. The Kier molecular flexibility index (Phi) is 3.25. The van der Waals surface area contributed by atoms with Crippen molar-refractivity contribution >= 4 is 11.6 Å². The maximum atomic E-state index is 11.8. The van der Waals surface area contributed by atoms with Gasteiger partial charge in [-0.1, -0.05) is 31.5 Å². The van der Waals surface area contributed by atoms with E-state index in [9.17, 15) is 4.79 Å². The second kappa shape index (κ2) is 4.66. The third-order valence-electron chi connectivity index (χ3n) is 2.96. The minimum absolute atomic E-state index is 0.0594. The van der Waals surface area contributed by atoms with Crippen LogP contribution in [0.4, 0.5) is 5.69 Å². The van der Waals surface area contributed by atoms with E-state index >= 15 is 0 Å². The monoisotopic (exact) mass is 218 g/mol. The lowest BCUT2D eigenvalue weighted by Gasteiger charge is -2.17. The number of rotatable bonds is 4. The molecule has 1 aromatic carbocycles. The highest BCUT2D eigenvalue weighted by Crippen LogP contribution is 2.30. The molecule has 3 heteroatoms. The van der Waals surface area contributed by atoms with Gasteiger partial charge in [0.2, 0.25) is 5.91 Å². The number of para-hydroxylation sites is 1. The Morgan fingerprint density at radius 3 is 2.94 bits per heavy atom. The van der Waals surface area contributed by atoms with E-state index in [1.54, 1.807) is 0 Å². The van der Waals surface area contributed by atoms with Gasteiger partial charge >= 0.3 is 0 Å². The van der Waals surface area contributed by atoms with E-state index in [4.69, 9.17) is 0 Å². The van der Waals surface area contributed by atoms with Gasteiger partial charge < -0.3 is 5.32 Å². The minimum atomic E-state index is -0.183. The Morgan fingerprint density at radius 1 is 1.44 bits per heavy atom. The highest BCUT2D eigenvalue weighted by Gasteiger charge is 2.30. The van der Waals surface area contributed by atoms with Gasteiger partial charge in [0.25, 0.3) is 0 Å². The molecule has 2 unspecified atom stereocenters. The third-order valence-corrected chi connectivity index (χ3v) is 2.96. The SMILES string of the molecule is CCCC(C)NC1C(=O)Nc2ccccc21. The number of anilines is 1. The van der Waals surface area contributed by atoms with Crippen molar-refractivity contribution in [1.82, 2.24) is 5.32 Å². The second-order valence-corrected chi connectivity index (χ2v) is 4.37. The summed E-state index contributed by atoms with van der Waals surface area (Å²) in [5, 5.41) is 6.27. The van der Waals surface area contributed by atoms with Crippen LogP contribution in [-0.4, -0.2) is 11.9 Å². The van der Waals surface area contributed by atoms with Crippen LogP contribution < -0.4 is 10.6 Å². The number of fused-ring (bicyclic) bond motifs is 1. The summed E-state index contributed by atoms with van der Waals surface area (Å²) < 4.78 is 0. The molecule has 1 heterocycles. The van der Waals surface area contributed by atoms with Crippen molar-refractivity contribution in [3.63, 3.8) is 0 Å². The van der Waals surface area contributed by atoms with Crippen LogP contribution in [0.1, 0.15) is 38.3 Å². The van der Waals surface area contributed by atoms with Gasteiger partial charge in [0.15, 0.2) is 0 Å². The molecule has 0 radical (unpaired) electrons. The number of benzene rings is 1. The fraction of sp³-hybridized carbons (Fsp3) is 0.462. The Labute approximate surface area is 96.2 Å². The molecule has 3 nitrogen and oxygen atoms in total. The average molecular weight is 218 g/mol. The molecule has 86 valence electrons. The first-order chi connectivity index (χ1) is 7.72. The first kappa shape index (κ1) is 11.1. The summed E-state index contributed by atoms with van der Waals surface area (Å²) in [6.07, 6.45) is 2.22. The maximum Gasteiger partial charge on any atom is 0.246 e. The van der Waals surface area contributed by atoms with E-state index in [1.165, 1.54) is 0 Å². The number of carbonyl (C=O) groups excluding carboxylic acids is 1. The van der Waals surface area contributed by atoms with Crippen molar-refractivity contribution in [3.8, 4) is 0 Å². The van der Waals surface area contributed by atoms with Gasteiger partial charge in [0.05, 0.1) is 0 Å². The van der Waals surface area contributed by atoms with E-state index in [2.05, 4.69) is 24.5 Å². The van der Waals surface area contributed by atoms with Gasteiger partial charge in [-0.3, -0.25) is 10.1 Å². The van der Waals surface area contributed by atoms with E-state index in [0.717, 1.165) is 24.1 Å². The number of hydrogen-bond donors (Lipinski definition) is 2. The van der Waals surface area contributed by atoms with Crippen molar-refractivity contribution in [1.29, 1.82) is 0 Å². The summed E-state index contributed by atoms with van der Waals surface area (Å²) >= 11 is 0. The molecule has 0 fully saturated rings. The topological polar surface area (TPSA) is 41.1 Å². The van der Waals surface area contributed by atoms with Gasteiger partial charge in [0.1, 0.15) is 6.04 Å². The summed E-state index contributed by atoms with van der Waals surface area (Å²) in [4.78, 5) is 11.8. The summed E-state index contributed by atoms with van der Waals surface area (Å²) in [5.74, 6) is 0.0594. The number of amides is 1. The van der Waals surface area contributed by atoms with Gasteiger partial charge in [0, 0.05) is 17.3 Å². The molecule has 0 saturated heterocycles. The van der Waals surface area contributed by atoms with Gasteiger partial charge in [-0.2, -0.15) is 0 Å². The smallest absolute Gasteiger partial charge is 0.246 e. The summed E-state index contributed by atoms with van der Waals surface area (Å²) in [6, 6.07) is 8.04. The Morgan fingerprint density at radius 2 is 2.19 bits per heavy atom. The first-order valence-electron chi connectivity index (χ1n) is 5.88. The normalized spacial score (nSPS) is 20.4. The van der Waals surface area contributed by atoms with Crippen LogP contribution in [0.3, 0.4) is 0 Å². The fourth-order valence-electron chi connectivity index (χ4n) is 2.18. The molecular formula is C13H18N2O. The molecule has 2 rings (SSSR count). The van der Waals surface area contributed by atoms with Gasteiger partial charge in [-0.05, 0) is 19.4 Å². The number of hydrogen-bond acceptors (Lipinski definition) is 2. The zero-order valence-electron chi connectivity index (χ0n) is 9.79. The standard InChI is InChI=1S/C13H18N2O/c1-3-6-9(2)14-12-10-7-4-5-8-11(10)15-13(12)16/h4-5,7-9,12,14H,3,6H2,1-2H3,(H,15,16).